The number of halogens is 1. The van der Waals surface area contributed by atoms with E-state index in [1.807, 2.05) is 42.6 Å². The highest BCUT2D eigenvalue weighted by molar-refractivity contribution is 9.10. The summed E-state index contributed by atoms with van der Waals surface area (Å²) in [7, 11) is -2.06. The van der Waals surface area contributed by atoms with Gasteiger partial charge in [0.2, 0.25) is 15.2 Å². The maximum Gasteiger partial charge on any atom is 0.280 e. The first-order valence-corrected chi connectivity index (χ1v) is 14.8. The summed E-state index contributed by atoms with van der Waals surface area (Å²) in [5, 5.41) is 8.05. The second-order valence-electron chi connectivity index (χ2n) is 7.69. The molecular formula is C24H23BrN4O3S3. The number of nitrogens with zero attached hydrogens (tertiary/aromatic N) is 4. The number of carbonyl (C=O) groups is 1. The minimum atomic E-state index is -3.62. The van der Waals surface area contributed by atoms with Crippen LogP contribution >= 0.6 is 38.6 Å². The third-order valence-corrected chi connectivity index (χ3v) is 9.36. The maximum absolute atomic E-state index is 13.5. The van der Waals surface area contributed by atoms with Crippen molar-refractivity contribution < 1.29 is 13.2 Å². The zero-order valence-electron chi connectivity index (χ0n) is 19.1. The summed E-state index contributed by atoms with van der Waals surface area (Å²) in [6.45, 7) is 2.45. The minimum Gasteiger partial charge on any atom is -0.267 e. The van der Waals surface area contributed by atoms with E-state index in [4.69, 9.17) is 0 Å². The fraction of sp³-hybridized carbons (Fsp3) is 0.208. The van der Waals surface area contributed by atoms with Gasteiger partial charge in [-0.05, 0) is 60.3 Å². The molecular weight excluding hydrogens is 568 g/mol. The third-order valence-electron chi connectivity index (χ3n) is 5.19. The molecule has 0 fully saturated rings. The molecule has 0 saturated heterocycles. The Bertz CT molecular complexity index is 1450. The molecule has 2 aromatic heterocycles. The number of rotatable bonds is 9. The van der Waals surface area contributed by atoms with Gasteiger partial charge in [-0.15, -0.1) is 11.3 Å². The van der Waals surface area contributed by atoms with Crippen LogP contribution in [0.3, 0.4) is 0 Å². The highest BCUT2D eigenvalue weighted by Gasteiger charge is 2.24. The Labute approximate surface area is 220 Å². The molecule has 11 heteroatoms. The number of benzene rings is 2. The first-order valence-electron chi connectivity index (χ1n) is 10.8. The molecule has 0 N–H and O–H groups in total. The highest BCUT2D eigenvalue weighted by atomic mass is 79.9. The molecule has 1 amide bonds. The summed E-state index contributed by atoms with van der Waals surface area (Å²) in [6, 6.07) is 15.5. The van der Waals surface area contributed by atoms with E-state index in [1.165, 1.54) is 56.3 Å². The van der Waals surface area contributed by atoms with Gasteiger partial charge in [-0.3, -0.25) is 4.79 Å². The molecule has 0 saturated carbocycles. The van der Waals surface area contributed by atoms with Crippen molar-refractivity contribution in [3.05, 3.63) is 74.9 Å². The number of thiazole rings is 1. The fourth-order valence-corrected chi connectivity index (χ4v) is 6.48. The average Bonchev–Trinajstić information content (AvgIpc) is 3.52. The Hall–Kier alpha value is -2.44. The molecule has 2 aromatic carbocycles. The quantitative estimate of drug-likeness (QED) is 0.171. The molecule has 0 radical (unpaired) electrons. The molecule has 0 aliphatic carbocycles. The van der Waals surface area contributed by atoms with Crippen molar-refractivity contribution in [2.45, 2.75) is 24.7 Å². The van der Waals surface area contributed by atoms with Gasteiger partial charge in [-0.1, -0.05) is 46.7 Å². The predicted molar refractivity (Wildman–Crippen MR) is 147 cm³/mol. The van der Waals surface area contributed by atoms with Crippen LogP contribution in [0.15, 0.2) is 74.4 Å². The van der Waals surface area contributed by atoms with E-state index < -0.39 is 15.9 Å². The van der Waals surface area contributed by atoms with Crippen LogP contribution in [0.5, 0.6) is 0 Å². The van der Waals surface area contributed by atoms with E-state index >= 15 is 0 Å². The molecule has 35 heavy (non-hydrogen) atoms. The number of anilines is 1. The molecule has 0 aliphatic rings. The third kappa shape index (κ3) is 5.87. The molecule has 0 bridgehead atoms. The molecule has 0 atom stereocenters. The fourth-order valence-electron chi connectivity index (χ4n) is 3.22. The zero-order valence-corrected chi connectivity index (χ0v) is 23.1. The highest BCUT2D eigenvalue weighted by Crippen LogP contribution is 2.32. The predicted octanol–water partition coefficient (Wildman–Crippen LogP) is 6.22. The lowest BCUT2D eigenvalue weighted by Crippen LogP contribution is -2.28. The lowest BCUT2D eigenvalue weighted by Gasteiger charge is -2.17. The van der Waals surface area contributed by atoms with Crippen LogP contribution in [-0.2, 0) is 10.0 Å². The summed E-state index contributed by atoms with van der Waals surface area (Å²) in [5.74, 6) is -0.404. The standard InChI is InChI=1S/C24H23BrN4O3S3/c1-3-4-13-28(2)35(31,32)20-10-7-17(8-11-20)23(30)29(26-16-19-6-5-14-33-19)24-27-21-12-9-18(25)15-22(21)34-24/h5-12,14-16H,3-4,13H2,1-2H3/b26-16+. The number of sulfonamides is 1. The molecule has 0 spiro atoms. The molecule has 0 aliphatic heterocycles. The van der Waals surface area contributed by atoms with Crippen LogP contribution in [0, 0.1) is 0 Å². The van der Waals surface area contributed by atoms with Crippen LogP contribution in [0.25, 0.3) is 10.2 Å². The SMILES string of the molecule is CCCCN(C)S(=O)(=O)c1ccc(C(=O)N(/N=C/c2cccs2)c2nc3ccc(Br)cc3s2)cc1. The minimum absolute atomic E-state index is 0.145. The number of hydrazone groups is 1. The van der Waals surface area contributed by atoms with Crippen molar-refractivity contribution in [3.8, 4) is 0 Å². The Morgan fingerprint density at radius 1 is 1.17 bits per heavy atom. The van der Waals surface area contributed by atoms with Gasteiger partial charge >= 0.3 is 0 Å². The van der Waals surface area contributed by atoms with Gasteiger partial charge in [-0.25, -0.2) is 17.7 Å². The number of unbranched alkanes of at least 4 members (excludes halogenated alkanes) is 1. The molecule has 7 nitrogen and oxygen atoms in total. The number of fused-ring (bicyclic) bond motifs is 1. The molecule has 0 unspecified atom stereocenters. The second kappa shape index (κ2) is 11.1. The van der Waals surface area contributed by atoms with Gasteiger partial charge < -0.3 is 0 Å². The number of aromatic nitrogens is 1. The Morgan fingerprint density at radius 3 is 2.63 bits per heavy atom. The molecule has 4 aromatic rings. The van der Waals surface area contributed by atoms with E-state index in [9.17, 15) is 13.2 Å². The van der Waals surface area contributed by atoms with Crippen molar-refractivity contribution in [1.29, 1.82) is 0 Å². The van der Waals surface area contributed by atoms with Crippen LogP contribution in [-0.4, -0.2) is 43.4 Å². The smallest absolute Gasteiger partial charge is 0.267 e. The second-order valence-corrected chi connectivity index (χ2v) is 12.6. The van der Waals surface area contributed by atoms with Crippen LogP contribution in [0.4, 0.5) is 5.13 Å². The van der Waals surface area contributed by atoms with E-state index in [-0.39, 0.29) is 4.90 Å². The maximum atomic E-state index is 13.5. The van der Waals surface area contributed by atoms with Crippen LogP contribution in [0.2, 0.25) is 0 Å². The lowest BCUT2D eigenvalue weighted by molar-refractivity contribution is 0.0987. The number of hydrogen-bond acceptors (Lipinski definition) is 7. The summed E-state index contributed by atoms with van der Waals surface area (Å²) in [4.78, 5) is 19.1. The normalized spacial score (nSPS) is 12.1. The Morgan fingerprint density at radius 2 is 1.94 bits per heavy atom. The Balaban J connectivity index is 1.66. The first kappa shape index (κ1) is 25.6. The van der Waals surface area contributed by atoms with Gasteiger partial charge in [0.05, 0.1) is 21.3 Å². The van der Waals surface area contributed by atoms with E-state index in [1.54, 1.807) is 13.3 Å². The number of carbonyl (C=O) groups excluding carboxylic acids is 1. The summed E-state index contributed by atoms with van der Waals surface area (Å²) in [6.07, 6.45) is 3.30. The zero-order chi connectivity index (χ0) is 25.0. The van der Waals surface area contributed by atoms with Crippen molar-refractivity contribution in [1.82, 2.24) is 9.29 Å². The summed E-state index contributed by atoms with van der Waals surface area (Å²) < 4.78 is 28.8. The van der Waals surface area contributed by atoms with Gasteiger partial charge in [0, 0.05) is 28.5 Å². The monoisotopic (exact) mass is 590 g/mol. The summed E-state index contributed by atoms with van der Waals surface area (Å²) in [5.41, 5.74) is 1.07. The lowest BCUT2D eigenvalue weighted by atomic mass is 10.2. The van der Waals surface area contributed by atoms with Gasteiger partial charge in [0.25, 0.3) is 5.91 Å². The van der Waals surface area contributed by atoms with Crippen molar-refractivity contribution in [2.24, 2.45) is 5.10 Å². The molecule has 2 heterocycles. The molecule has 4 rings (SSSR count). The van der Waals surface area contributed by atoms with E-state index in [0.29, 0.717) is 17.2 Å². The van der Waals surface area contributed by atoms with Crippen molar-refractivity contribution in [3.63, 3.8) is 0 Å². The first-order chi connectivity index (χ1) is 16.8. The molecule has 182 valence electrons. The van der Waals surface area contributed by atoms with E-state index in [2.05, 4.69) is 26.0 Å². The van der Waals surface area contributed by atoms with Gasteiger partial charge in [0.15, 0.2) is 0 Å². The van der Waals surface area contributed by atoms with Crippen molar-refractivity contribution >= 4 is 76.1 Å². The van der Waals surface area contributed by atoms with E-state index in [0.717, 1.165) is 32.4 Å². The van der Waals surface area contributed by atoms with Crippen molar-refractivity contribution in [2.75, 3.05) is 18.6 Å². The number of thiophene rings is 1. The number of hydrogen-bond donors (Lipinski definition) is 0. The number of amides is 1. The van der Waals surface area contributed by atoms with Crippen LogP contribution < -0.4 is 5.01 Å². The van der Waals surface area contributed by atoms with Crippen LogP contribution in [0.1, 0.15) is 35.0 Å². The Kier molecular flexibility index (Phi) is 8.12. The average molecular weight is 592 g/mol. The topological polar surface area (TPSA) is 82.9 Å². The largest absolute Gasteiger partial charge is 0.280 e. The summed E-state index contributed by atoms with van der Waals surface area (Å²) >= 11 is 6.32. The van der Waals surface area contributed by atoms with Gasteiger partial charge in [0.1, 0.15) is 0 Å². The van der Waals surface area contributed by atoms with Gasteiger partial charge in [-0.2, -0.15) is 10.1 Å².